The number of rotatable bonds is 9. The van der Waals surface area contributed by atoms with Gasteiger partial charge in [-0.15, -0.1) is 35.9 Å². The molecule has 19 aromatic rings. The number of pyridine rings is 2. The van der Waals surface area contributed by atoms with E-state index in [9.17, 15) is 0 Å². The van der Waals surface area contributed by atoms with E-state index in [1.807, 2.05) is 61.1 Å². The summed E-state index contributed by atoms with van der Waals surface area (Å²) in [6, 6.07) is 110. The van der Waals surface area contributed by atoms with Gasteiger partial charge in [-0.2, -0.15) is 0 Å². The van der Waals surface area contributed by atoms with E-state index in [4.69, 9.17) is 20.2 Å². The zero-order valence-corrected chi connectivity index (χ0v) is 61.7. The second-order valence-corrected chi connectivity index (χ2v) is 27.7. The molecule has 2 N–H and O–H groups in total. The molecule has 2 unspecified atom stereocenters. The minimum atomic E-state index is -0.375. The normalized spacial score (nSPS) is 12.0. The van der Waals surface area contributed by atoms with Gasteiger partial charge in [-0.1, -0.05) is 233 Å². The Morgan fingerprint density at radius 1 is 0.349 bits per heavy atom. The van der Waals surface area contributed by atoms with Gasteiger partial charge in [0.25, 0.3) is 0 Å². The van der Waals surface area contributed by atoms with Crippen LogP contribution in [0.25, 0.3) is 165 Å². The Hall–Kier alpha value is -12.2. The summed E-state index contributed by atoms with van der Waals surface area (Å²) in [6.45, 7) is 9.76. The molecule has 0 aliphatic rings. The molecular formula is C95H75IrN8O2-. The summed E-state index contributed by atoms with van der Waals surface area (Å²) in [4.78, 5) is 28.3. The number of nitrogens with zero attached hydrogens (tertiary/aromatic N) is 8. The van der Waals surface area contributed by atoms with Gasteiger partial charge in [0.05, 0.1) is 68.2 Å². The quantitative estimate of drug-likeness (QED) is 0.108. The first-order chi connectivity index (χ1) is 51.4. The number of fused-ring (bicyclic) bond motifs is 15. The molecule has 6 heterocycles. The Bertz CT molecular complexity index is 6240. The molecule has 1 radical (unpaired) electrons. The third-order valence-electron chi connectivity index (χ3n) is 19.4. The fraction of sp³-hybridized carbons (Fsp3) is 0.0947. The van der Waals surface area contributed by atoms with E-state index < -0.39 is 0 Å². The fourth-order valence-electron chi connectivity index (χ4n) is 14.5. The first-order valence-corrected chi connectivity index (χ1v) is 35.6. The predicted molar refractivity (Wildman–Crippen MR) is 435 cm³/mol. The van der Waals surface area contributed by atoms with Crippen LogP contribution < -0.4 is 0 Å². The molecule has 106 heavy (non-hydrogen) atoms. The minimum Gasteiger partial charge on any atom is -0.393 e. The number of hydrogen-bond acceptors (Lipinski definition) is 8. The first-order valence-electron chi connectivity index (χ1n) is 35.6. The topological polar surface area (TPSA) is 128 Å². The van der Waals surface area contributed by atoms with Gasteiger partial charge < -0.3 is 19.3 Å². The molecule has 11 heteroatoms. The summed E-state index contributed by atoms with van der Waals surface area (Å²) >= 11 is 0. The number of hydrogen-bond donors (Lipinski definition) is 2. The van der Waals surface area contributed by atoms with Crippen molar-refractivity contribution in [1.82, 2.24) is 39.0 Å². The van der Waals surface area contributed by atoms with E-state index in [-0.39, 0.29) is 37.7 Å². The second-order valence-electron chi connectivity index (χ2n) is 27.7. The van der Waals surface area contributed by atoms with Gasteiger partial charge >= 0.3 is 0 Å². The Balaban J connectivity index is 0.000000147. The van der Waals surface area contributed by atoms with Crippen molar-refractivity contribution in [2.75, 3.05) is 0 Å². The zero-order chi connectivity index (χ0) is 71.5. The van der Waals surface area contributed by atoms with Crippen LogP contribution in [0.1, 0.15) is 46.7 Å². The third-order valence-corrected chi connectivity index (χ3v) is 19.4. The Labute approximate surface area is 629 Å². The molecule has 0 aliphatic carbocycles. The van der Waals surface area contributed by atoms with E-state index in [0.29, 0.717) is 6.42 Å². The number of aliphatic hydroxyl groups is 2. The van der Waals surface area contributed by atoms with Crippen molar-refractivity contribution in [3.05, 3.63) is 340 Å². The molecule has 0 spiro atoms. The molecule has 0 aliphatic heterocycles. The maximum absolute atomic E-state index is 8.56. The first kappa shape index (κ1) is 69.5. The zero-order valence-electron chi connectivity index (χ0n) is 59.3. The molecule has 0 amide bonds. The fourth-order valence-corrected chi connectivity index (χ4v) is 14.5. The van der Waals surface area contributed by atoms with Crippen LogP contribution in [0, 0.1) is 6.07 Å². The Morgan fingerprint density at radius 3 is 1.41 bits per heavy atom. The van der Waals surface area contributed by atoms with Crippen molar-refractivity contribution in [3.63, 3.8) is 0 Å². The van der Waals surface area contributed by atoms with Gasteiger partial charge in [-0.25, -0.2) is 9.97 Å². The van der Waals surface area contributed by atoms with Crippen molar-refractivity contribution >= 4 is 98.0 Å². The van der Waals surface area contributed by atoms with Crippen LogP contribution in [0.15, 0.2) is 328 Å². The molecule has 13 aromatic carbocycles. The average molecular weight is 1550 g/mol. The van der Waals surface area contributed by atoms with Crippen molar-refractivity contribution in [1.29, 1.82) is 0 Å². The summed E-state index contributed by atoms with van der Waals surface area (Å²) in [7, 11) is 0. The molecule has 0 fully saturated rings. The van der Waals surface area contributed by atoms with E-state index in [2.05, 4.69) is 317 Å². The maximum Gasteiger partial charge on any atom is 0.105 e. The van der Waals surface area contributed by atoms with E-state index in [1.54, 1.807) is 20.2 Å². The van der Waals surface area contributed by atoms with Crippen LogP contribution in [0.2, 0.25) is 0 Å². The Kier molecular flexibility index (Phi) is 19.8. The van der Waals surface area contributed by atoms with Crippen molar-refractivity contribution in [2.24, 2.45) is 0 Å². The molecule has 0 saturated heterocycles. The van der Waals surface area contributed by atoms with Crippen LogP contribution in [-0.2, 0) is 25.5 Å². The summed E-state index contributed by atoms with van der Waals surface area (Å²) in [5.74, 6) is 0. The number of aliphatic hydroxyl groups excluding tert-OH is 2. The van der Waals surface area contributed by atoms with Gasteiger partial charge in [-0.3, -0.25) is 19.9 Å². The SMILES string of the molecule is CC(C)(C)c1cc(-c2[c-]cccc2)ncn1.CC(O)CC(C)O.[Ir].c1ccc(-c2ccnc3c2ccc2c(-c4ccccc4)ccnc23)cc1.c1ccc(-n2c3ccccc3c3cc(-c4ccc5c6ccccc6n(-c6cccc(-c7cnc8c9ccccc9c9ccccc9c8n7)c6)c5c4)ccc32)cc1. The van der Waals surface area contributed by atoms with Gasteiger partial charge in [0.15, 0.2) is 0 Å². The monoisotopic (exact) mass is 1550 g/mol. The van der Waals surface area contributed by atoms with Gasteiger partial charge in [0, 0.05) is 104 Å². The third kappa shape index (κ3) is 13.8. The number of para-hydroxylation sites is 3. The van der Waals surface area contributed by atoms with Crippen LogP contribution in [0.4, 0.5) is 0 Å². The van der Waals surface area contributed by atoms with Crippen LogP contribution in [0.3, 0.4) is 0 Å². The van der Waals surface area contributed by atoms with E-state index >= 15 is 0 Å². The van der Waals surface area contributed by atoms with Gasteiger partial charge in [0.2, 0.25) is 0 Å². The molecular weight excluding hydrogens is 1480 g/mol. The summed E-state index contributed by atoms with van der Waals surface area (Å²) < 4.78 is 4.77. The van der Waals surface area contributed by atoms with E-state index in [1.165, 1.54) is 82.2 Å². The van der Waals surface area contributed by atoms with Crippen molar-refractivity contribution in [2.45, 2.75) is 58.7 Å². The molecule has 2 atom stereocenters. The molecule has 10 nitrogen and oxygen atoms in total. The van der Waals surface area contributed by atoms with Crippen LogP contribution in [0.5, 0.6) is 0 Å². The molecule has 19 rings (SSSR count). The van der Waals surface area contributed by atoms with Crippen LogP contribution in [-0.4, -0.2) is 61.5 Å². The molecule has 0 saturated carbocycles. The van der Waals surface area contributed by atoms with Gasteiger partial charge in [0.1, 0.15) is 6.33 Å². The predicted octanol–water partition coefficient (Wildman–Crippen LogP) is 23.0. The summed E-state index contributed by atoms with van der Waals surface area (Å²) in [6.07, 6.45) is 7.02. The minimum absolute atomic E-state index is 0. The smallest absolute Gasteiger partial charge is 0.105 e. The Morgan fingerprint density at radius 2 is 0.821 bits per heavy atom. The van der Waals surface area contributed by atoms with Crippen molar-refractivity contribution < 1.29 is 30.3 Å². The van der Waals surface area contributed by atoms with Gasteiger partial charge in [-0.05, 0) is 137 Å². The standard InChI is InChI=1S/C52H32N4.C24H16N2.C14H15N2.C5H12O2.Ir/c1-2-14-36(15-3-1)55-48-24-11-9-20-41(48)45-30-33(26-28-49(45)55)34-25-27-42-40-19-8-10-23-47(40)56(50(42)31-34)37-16-12-13-35(29-37)46-32-53-51-43-21-6-4-17-38(43)39-18-5-7-22-44(39)52(51)54-46;1-3-7-17(8-4-1)19-13-15-25-23-21(19)11-12-22-20(14-16-26-24(22)23)18-9-5-2-6-10-18;1-14(2,3)13-9-12(15-10-16-13)11-7-5-4-6-8-11;1-4(6)3-5(2)7;/h1-32H;1-16H;4-7,9-10H,1-3H3;4-7H,3H2,1-2H3;/q;;-1;;. The van der Waals surface area contributed by atoms with E-state index in [0.717, 1.165) is 88.7 Å². The largest absolute Gasteiger partial charge is 0.393 e. The number of aromatic nitrogens is 8. The van der Waals surface area contributed by atoms with Crippen LogP contribution >= 0.6 is 0 Å². The summed E-state index contributed by atoms with van der Waals surface area (Å²) in [5, 5.41) is 29.0. The second kappa shape index (κ2) is 30.2. The molecule has 517 valence electrons. The maximum atomic E-state index is 8.56. The molecule has 0 bridgehead atoms. The average Bonchev–Trinajstić information content (AvgIpc) is 1.74. The number of benzene rings is 13. The summed E-state index contributed by atoms with van der Waals surface area (Å²) in [5.41, 5.74) is 22.8. The molecule has 6 aromatic heterocycles. The van der Waals surface area contributed by atoms with Crippen molar-refractivity contribution in [3.8, 4) is 67.3 Å².